The number of ether oxygens (including phenoxy) is 1. The molecule has 3 rings (SSSR count). The van der Waals surface area contributed by atoms with Gasteiger partial charge in [0.15, 0.2) is 0 Å². The van der Waals surface area contributed by atoms with E-state index in [1.807, 2.05) is 37.3 Å². The van der Waals surface area contributed by atoms with E-state index in [1.165, 1.54) is 22.3 Å². The molecule has 0 bridgehead atoms. The molecule has 0 heterocycles. The van der Waals surface area contributed by atoms with Crippen molar-refractivity contribution in [3.05, 3.63) is 88.0 Å². The van der Waals surface area contributed by atoms with Crippen LogP contribution in [0.25, 0.3) is 11.1 Å². The van der Waals surface area contributed by atoms with Crippen molar-refractivity contribution in [3.8, 4) is 16.9 Å². The maximum absolute atomic E-state index is 9.87. The van der Waals surface area contributed by atoms with Gasteiger partial charge in [-0.25, -0.2) is 0 Å². The molecule has 1 atom stereocenters. The zero-order chi connectivity index (χ0) is 23.1. The van der Waals surface area contributed by atoms with Crippen LogP contribution in [0, 0.1) is 13.8 Å². The average Bonchev–Trinajstić information content (AvgIpc) is 2.80. The van der Waals surface area contributed by atoms with Gasteiger partial charge >= 0.3 is 0 Å². The molecular formula is C28H34O4. The van der Waals surface area contributed by atoms with Crippen molar-refractivity contribution in [2.24, 2.45) is 0 Å². The van der Waals surface area contributed by atoms with Crippen LogP contribution in [0.15, 0.2) is 54.6 Å². The Labute approximate surface area is 191 Å². The highest BCUT2D eigenvalue weighted by Gasteiger charge is 2.11. The third-order valence-electron chi connectivity index (χ3n) is 5.97. The van der Waals surface area contributed by atoms with Crippen molar-refractivity contribution in [1.82, 2.24) is 0 Å². The van der Waals surface area contributed by atoms with Crippen LogP contribution >= 0.6 is 0 Å². The van der Waals surface area contributed by atoms with Gasteiger partial charge in [0, 0.05) is 0 Å². The summed E-state index contributed by atoms with van der Waals surface area (Å²) in [5.74, 6) is 0.785. The van der Waals surface area contributed by atoms with Crippen molar-refractivity contribution < 1.29 is 20.1 Å². The first-order chi connectivity index (χ1) is 15.4. The summed E-state index contributed by atoms with van der Waals surface area (Å²) in [6, 6.07) is 18.2. The van der Waals surface area contributed by atoms with Crippen LogP contribution in [0.4, 0.5) is 0 Å². The highest BCUT2D eigenvalue weighted by atomic mass is 16.5. The molecule has 0 aliphatic carbocycles. The van der Waals surface area contributed by atoms with Crippen molar-refractivity contribution in [2.45, 2.75) is 66.0 Å². The van der Waals surface area contributed by atoms with E-state index in [4.69, 9.17) is 4.74 Å². The lowest BCUT2D eigenvalue weighted by molar-refractivity contribution is 0.160. The third kappa shape index (κ3) is 5.98. The standard InChI is InChI=1S/C28H34O4/c1-4-26(31)11-9-21-12-19(2)28(20(3)13-21)23-6-5-7-27(15-23)32-18-22-8-10-24(16-29)25(14-22)17-30/h5-8,10,12-15,26,29-31H,4,9,11,16-18H2,1-3H3. The van der Waals surface area contributed by atoms with Crippen LogP contribution < -0.4 is 4.74 Å². The summed E-state index contributed by atoms with van der Waals surface area (Å²) in [6.07, 6.45) is 2.22. The Morgan fingerprint density at radius 1 is 0.844 bits per heavy atom. The van der Waals surface area contributed by atoms with E-state index in [9.17, 15) is 15.3 Å². The lowest BCUT2D eigenvalue weighted by Crippen LogP contribution is -2.06. The quantitative estimate of drug-likeness (QED) is 0.408. The van der Waals surface area contributed by atoms with Gasteiger partial charge in [0.05, 0.1) is 19.3 Å². The molecule has 0 saturated heterocycles. The predicted molar refractivity (Wildman–Crippen MR) is 129 cm³/mol. The number of rotatable bonds is 10. The maximum Gasteiger partial charge on any atom is 0.120 e. The largest absolute Gasteiger partial charge is 0.489 e. The summed E-state index contributed by atoms with van der Waals surface area (Å²) in [5, 5.41) is 28.7. The number of aryl methyl sites for hydroxylation is 3. The topological polar surface area (TPSA) is 69.9 Å². The molecule has 32 heavy (non-hydrogen) atoms. The van der Waals surface area contributed by atoms with Gasteiger partial charge in [-0.05, 0) is 95.8 Å². The van der Waals surface area contributed by atoms with Gasteiger partial charge in [-0.15, -0.1) is 0 Å². The normalized spacial score (nSPS) is 12.1. The van der Waals surface area contributed by atoms with Crippen LogP contribution in [0.5, 0.6) is 5.75 Å². The Hall–Kier alpha value is -2.66. The zero-order valence-electron chi connectivity index (χ0n) is 19.3. The minimum absolute atomic E-state index is 0.0875. The van der Waals surface area contributed by atoms with Crippen LogP contribution in [0.1, 0.15) is 53.1 Å². The summed E-state index contributed by atoms with van der Waals surface area (Å²) in [4.78, 5) is 0. The molecule has 4 nitrogen and oxygen atoms in total. The molecule has 1 unspecified atom stereocenters. The van der Waals surface area contributed by atoms with E-state index >= 15 is 0 Å². The summed E-state index contributed by atoms with van der Waals surface area (Å²) in [7, 11) is 0. The highest BCUT2D eigenvalue weighted by Crippen LogP contribution is 2.31. The second kappa shape index (κ2) is 11.3. The van der Waals surface area contributed by atoms with Crippen molar-refractivity contribution in [2.75, 3.05) is 0 Å². The zero-order valence-corrected chi connectivity index (χ0v) is 19.3. The molecule has 0 fully saturated rings. The monoisotopic (exact) mass is 434 g/mol. The summed E-state index contributed by atoms with van der Waals surface area (Å²) in [5.41, 5.74) is 8.43. The summed E-state index contributed by atoms with van der Waals surface area (Å²) >= 11 is 0. The number of hydrogen-bond donors (Lipinski definition) is 3. The molecule has 3 aromatic rings. The molecule has 3 aromatic carbocycles. The van der Waals surface area contributed by atoms with Gasteiger partial charge in [-0.1, -0.05) is 43.3 Å². The molecule has 0 aromatic heterocycles. The summed E-state index contributed by atoms with van der Waals surface area (Å²) in [6.45, 7) is 6.47. The summed E-state index contributed by atoms with van der Waals surface area (Å²) < 4.78 is 6.04. The van der Waals surface area contributed by atoms with Crippen molar-refractivity contribution >= 4 is 0 Å². The molecule has 0 radical (unpaired) electrons. The highest BCUT2D eigenvalue weighted by molar-refractivity contribution is 5.72. The first kappa shape index (κ1) is 24.0. The Morgan fingerprint density at radius 3 is 2.22 bits per heavy atom. The smallest absolute Gasteiger partial charge is 0.120 e. The van der Waals surface area contributed by atoms with Gasteiger partial charge in [-0.3, -0.25) is 0 Å². The molecule has 0 aliphatic rings. The van der Waals surface area contributed by atoms with Crippen LogP contribution in [0.3, 0.4) is 0 Å². The fraction of sp³-hybridized carbons (Fsp3) is 0.357. The molecule has 170 valence electrons. The van der Waals surface area contributed by atoms with Gasteiger partial charge in [0.2, 0.25) is 0 Å². The SMILES string of the molecule is CCC(O)CCc1cc(C)c(-c2cccc(OCc3ccc(CO)c(CO)c3)c2)c(C)c1. The van der Waals surface area contributed by atoms with Crippen LogP contribution in [-0.2, 0) is 26.2 Å². The Balaban J connectivity index is 1.76. The van der Waals surface area contributed by atoms with E-state index in [1.54, 1.807) is 0 Å². The minimum Gasteiger partial charge on any atom is -0.489 e. The number of aliphatic hydroxyl groups excluding tert-OH is 3. The Bertz CT molecular complexity index is 1020. The van der Waals surface area contributed by atoms with Crippen molar-refractivity contribution in [3.63, 3.8) is 0 Å². The van der Waals surface area contributed by atoms with E-state index in [0.717, 1.165) is 47.3 Å². The van der Waals surface area contributed by atoms with Gasteiger partial charge in [-0.2, -0.15) is 0 Å². The molecule has 0 aliphatic heterocycles. The number of benzene rings is 3. The average molecular weight is 435 g/mol. The predicted octanol–water partition coefficient (Wildman–Crippen LogP) is 5.24. The van der Waals surface area contributed by atoms with E-state index in [2.05, 4.69) is 38.1 Å². The molecule has 0 spiro atoms. The molecule has 3 N–H and O–H groups in total. The van der Waals surface area contributed by atoms with E-state index in [-0.39, 0.29) is 19.3 Å². The van der Waals surface area contributed by atoms with Gasteiger partial charge in [0.25, 0.3) is 0 Å². The van der Waals surface area contributed by atoms with E-state index < -0.39 is 0 Å². The van der Waals surface area contributed by atoms with E-state index in [0.29, 0.717) is 6.61 Å². The fourth-order valence-electron chi connectivity index (χ4n) is 4.17. The maximum atomic E-state index is 9.87. The Kier molecular flexibility index (Phi) is 8.46. The number of hydrogen-bond acceptors (Lipinski definition) is 4. The lowest BCUT2D eigenvalue weighted by atomic mass is 9.92. The lowest BCUT2D eigenvalue weighted by Gasteiger charge is -2.15. The second-order valence-corrected chi connectivity index (χ2v) is 8.44. The van der Waals surface area contributed by atoms with Crippen molar-refractivity contribution in [1.29, 1.82) is 0 Å². The van der Waals surface area contributed by atoms with Gasteiger partial charge < -0.3 is 20.1 Å². The Morgan fingerprint density at radius 2 is 1.56 bits per heavy atom. The molecule has 4 heteroatoms. The number of aliphatic hydroxyl groups is 3. The first-order valence-corrected chi connectivity index (χ1v) is 11.3. The second-order valence-electron chi connectivity index (χ2n) is 8.44. The molecule has 0 saturated carbocycles. The fourth-order valence-corrected chi connectivity index (χ4v) is 4.17. The molecular weight excluding hydrogens is 400 g/mol. The first-order valence-electron chi connectivity index (χ1n) is 11.3. The molecule has 0 amide bonds. The third-order valence-corrected chi connectivity index (χ3v) is 5.97. The van der Waals surface area contributed by atoms with Gasteiger partial charge in [0.1, 0.15) is 12.4 Å². The van der Waals surface area contributed by atoms with Crippen LogP contribution in [-0.4, -0.2) is 21.4 Å². The van der Waals surface area contributed by atoms with Crippen LogP contribution in [0.2, 0.25) is 0 Å². The minimum atomic E-state index is -0.239.